The summed E-state index contributed by atoms with van der Waals surface area (Å²) >= 11 is 0. The van der Waals surface area contributed by atoms with Crippen molar-refractivity contribution in [3.05, 3.63) is 24.8 Å². The van der Waals surface area contributed by atoms with Crippen LogP contribution in [-0.4, -0.2) is 33.6 Å². The Bertz CT molecular complexity index is 401. The van der Waals surface area contributed by atoms with Gasteiger partial charge in [-0.2, -0.15) is 0 Å². The molecule has 3 atom stereocenters. The van der Waals surface area contributed by atoms with Gasteiger partial charge in [0.25, 0.3) is 0 Å². The molecular formula is C17H24O3. The third kappa shape index (κ3) is 11.6. The first-order chi connectivity index (χ1) is 9.57. The Morgan fingerprint density at radius 3 is 2.30 bits per heavy atom. The van der Waals surface area contributed by atoms with Crippen molar-refractivity contribution in [3.8, 4) is 23.7 Å². The number of aliphatic hydroxyl groups excluding tert-OH is 3. The van der Waals surface area contributed by atoms with Crippen LogP contribution in [0.2, 0.25) is 0 Å². The maximum Gasteiger partial charge on any atom is 0.141 e. The highest BCUT2D eigenvalue weighted by Crippen LogP contribution is 2.04. The maximum absolute atomic E-state index is 9.51. The first-order valence-electron chi connectivity index (χ1n) is 6.90. The fraction of sp³-hybridized carbons (Fsp3) is 0.529. The molecule has 0 amide bonds. The molecule has 0 aliphatic heterocycles. The predicted octanol–water partition coefficient (Wildman–Crippen LogP) is 1.79. The van der Waals surface area contributed by atoms with E-state index in [9.17, 15) is 10.2 Å². The monoisotopic (exact) mass is 276 g/mol. The molecule has 0 rings (SSSR count). The largest absolute Gasteiger partial charge is 0.390 e. The molecule has 0 fully saturated rings. The van der Waals surface area contributed by atoms with Crippen molar-refractivity contribution in [3.63, 3.8) is 0 Å². The van der Waals surface area contributed by atoms with Gasteiger partial charge in [-0.3, -0.25) is 0 Å². The second kappa shape index (κ2) is 12.5. The van der Waals surface area contributed by atoms with Crippen LogP contribution in [0.1, 0.15) is 39.0 Å². The SMILES string of the molecule is C=CCCCCCC=CC(O)C#CC#CC(O)C(C)O. The van der Waals surface area contributed by atoms with Gasteiger partial charge in [0.1, 0.15) is 12.2 Å². The summed E-state index contributed by atoms with van der Waals surface area (Å²) in [6.07, 6.45) is 7.97. The van der Waals surface area contributed by atoms with Crippen molar-refractivity contribution >= 4 is 0 Å². The number of aliphatic hydroxyl groups is 3. The number of unbranched alkanes of at least 4 members (excludes halogenated alkanes) is 4. The van der Waals surface area contributed by atoms with Crippen molar-refractivity contribution in [1.82, 2.24) is 0 Å². The summed E-state index contributed by atoms with van der Waals surface area (Å²) in [7, 11) is 0. The fourth-order valence-electron chi connectivity index (χ4n) is 1.34. The summed E-state index contributed by atoms with van der Waals surface area (Å²) in [5.41, 5.74) is 0. The van der Waals surface area contributed by atoms with Crippen LogP contribution in [0, 0.1) is 23.7 Å². The van der Waals surface area contributed by atoms with Gasteiger partial charge >= 0.3 is 0 Å². The molecule has 0 aliphatic carbocycles. The molecule has 0 radical (unpaired) electrons. The van der Waals surface area contributed by atoms with Gasteiger partial charge < -0.3 is 15.3 Å². The summed E-state index contributed by atoms with van der Waals surface area (Å²) < 4.78 is 0. The average molecular weight is 276 g/mol. The van der Waals surface area contributed by atoms with Crippen molar-refractivity contribution in [1.29, 1.82) is 0 Å². The van der Waals surface area contributed by atoms with Gasteiger partial charge in [0.2, 0.25) is 0 Å². The molecule has 3 nitrogen and oxygen atoms in total. The lowest BCUT2D eigenvalue weighted by molar-refractivity contribution is 0.0678. The van der Waals surface area contributed by atoms with Crippen LogP contribution in [-0.2, 0) is 0 Å². The van der Waals surface area contributed by atoms with E-state index in [1.807, 2.05) is 12.2 Å². The molecule has 0 heterocycles. The Morgan fingerprint density at radius 2 is 1.65 bits per heavy atom. The van der Waals surface area contributed by atoms with Crippen molar-refractivity contribution < 1.29 is 15.3 Å². The first kappa shape index (κ1) is 18.5. The number of hydrogen-bond acceptors (Lipinski definition) is 3. The predicted molar refractivity (Wildman–Crippen MR) is 81.7 cm³/mol. The number of allylic oxidation sites excluding steroid dienone is 2. The molecular weight excluding hydrogens is 252 g/mol. The van der Waals surface area contributed by atoms with Crippen LogP contribution in [0.4, 0.5) is 0 Å². The molecule has 3 heteroatoms. The number of hydrogen-bond donors (Lipinski definition) is 3. The van der Waals surface area contributed by atoms with E-state index in [1.54, 1.807) is 6.08 Å². The molecule has 0 bridgehead atoms. The lowest BCUT2D eigenvalue weighted by atomic mass is 10.1. The van der Waals surface area contributed by atoms with E-state index in [-0.39, 0.29) is 0 Å². The molecule has 0 spiro atoms. The van der Waals surface area contributed by atoms with Crippen molar-refractivity contribution in [2.24, 2.45) is 0 Å². The smallest absolute Gasteiger partial charge is 0.141 e. The molecule has 0 aromatic heterocycles. The molecule has 3 unspecified atom stereocenters. The average Bonchev–Trinajstić information content (AvgIpc) is 2.42. The fourth-order valence-corrected chi connectivity index (χ4v) is 1.34. The van der Waals surface area contributed by atoms with Gasteiger partial charge in [0.05, 0.1) is 6.10 Å². The summed E-state index contributed by atoms with van der Waals surface area (Å²) in [4.78, 5) is 0. The van der Waals surface area contributed by atoms with E-state index in [0.29, 0.717) is 0 Å². The van der Waals surface area contributed by atoms with E-state index in [2.05, 4.69) is 30.3 Å². The summed E-state index contributed by atoms with van der Waals surface area (Å²) in [6.45, 7) is 5.11. The highest BCUT2D eigenvalue weighted by molar-refractivity contribution is 5.30. The minimum atomic E-state index is -1.10. The Kier molecular flexibility index (Phi) is 11.6. The maximum atomic E-state index is 9.51. The Labute approximate surface area is 122 Å². The highest BCUT2D eigenvalue weighted by atomic mass is 16.3. The molecule has 3 N–H and O–H groups in total. The zero-order valence-electron chi connectivity index (χ0n) is 12.0. The summed E-state index contributed by atoms with van der Waals surface area (Å²) in [5.74, 6) is 9.74. The molecule has 20 heavy (non-hydrogen) atoms. The minimum Gasteiger partial charge on any atom is -0.390 e. The molecule has 0 aliphatic rings. The van der Waals surface area contributed by atoms with E-state index in [4.69, 9.17) is 5.11 Å². The van der Waals surface area contributed by atoms with E-state index >= 15 is 0 Å². The zero-order valence-corrected chi connectivity index (χ0v) is 12.0. The summed E-state index contributed by atoms with van der Waals surface area (Å²) in [5, 5.41) is 27.7. The van der Waals surface area contributed by atoms with Crippen molar-refractivity contribution in [2.75, 3.05) is 0 Å². The minimum absolute atomic E-state index is 0.846. The van der Waals surface area contributed by atoms with Gasteiger partial charge in [-0.05, 0) is 50.5 Å². The van der Waals surface area contributed by atoms with Crippen LogP contribution in [0.25, 0.3) is 0 Å². The van der Waals surface area contributed by atoms with Crippen molar-refractivity contribution in [2.45, 2.75) is 57.3 Å². The van der Waals surface area contributed by atoms with E-state index in [0.717, 1.165) is 32.1 Å². The molecule has 110 valence electrons. The Balaban J connectivity index is 3.87. The van der Waals surface area contributed by atoms with Crippen LogP contribution >= 0.6 is 0 Å². The lowest BCUT2D eigenvalue weighted by Gasteiger charge is -2.03. The first-order valence-corrected chi connectivity index (χ1v) is 6.90. The zero-order chi connectivity index (χ0) is 15.2. The molecule has 0 saturated carbocycles. The van der Waals surface area contributed by atoms with Gasteiger partial charge in [-0.15, -0.1) is 6.58 Å². The lowest BCUT2D eigenvalue weighted by Crippen LogP contribution is -2.19. The highest BCUT2D eigenvalue weighted by Gasteiger charge is 2.04. The van der Waals surface area contributed by atoms with Gasteiger partial charge in [-0.1, -0.05) is 30.4 Å². The Morgan fingerprint density at radius 1 is 1.00 bits per heavy atom. The normalized spacial score (nSPS) is 14.6. The van der Waals surface area contributed by atoms with E-state index in [1.165, 1.54) is 6.92 Å². The van der Waals surface area contributed by atoms with Crippen LogP contribution in [0.15, 0.2) is 24.8 Å². The second-order valence-electron chi connectivity index (χ2n) is 4.52. The van der Waals surface area contributed by atoms with E-state index < -0.39 is 18.3 Å². The standard InChI is InChI=1S/C17H24O3/c1-3-4-5-6-7-8-9-12-16(19)13-10-11-14-17(20)15(2)18/h3,9,12,15-20H,1,4-8H2,2H3. The second-order valence-corrected chi connectivity index (χ2v) is 4.52. The van der Waals surface area contributed by atoms with Crippen LogP contribution in [0.5, 0.6) is 0 Å². The summed E-state index contributed by atoms with van der Waals surface area (Å²) in [6, 6.07) is 0. The van der Waals surface area contributed by atoms with Gasteiger partial charge in [0, 0.05) is 0 Å². The Hall–Kier alpha value is -1.52. The third-order valence-corrected chi connectivity index (χ3v) is 2.56. The number of rotatable bonds is 8. The topological polar surface area (TPSA) is 60.7 Å². The molecule has 0 saturated heterocycles. The third-order valence-electron chi connectivity index (χ3n) is 2.56. The van der Waals surface area contributed by atoms with Gasteiger partial charge in [0.15, 0.2) is 0 Å². The van der Waals surface area contributed by atoms with Gasteiger partial charge in [-0.25, -0.2) is 0 Å². The molecule has 0 aromatic carbocycles. The van der Waals surface area contributed by atoms with Crippen LogP contribution in [0.3, 0.4) is 0 Å². The quantitative estimate of drug-likeness (QED) is 0.360. The van der Waals surface area contributed by atoms with Crippen LogP contribution < -0.4 is 0 Å². The molecule has 0 aromatic rings.